The Balaban J connectivity index is 3.25. The SMILES string of the molecule is COc1cc(C(C)C)cc(CC(N)C(=O)O)c1OC. The first-order chi connectivity index (χ1) is 8.90. The van der Waals surface area contributed by atoms with Crippen molar-refractivity contribution in [3.05, 3.63) is 23.3 Å². The second-order valence-electron chi connectivity index (χ2n) is 4.72. The van der Waals surface area contributed by atoms with Gasteiger partial charge >= 0.3 is 5.97 Å². The van der Waals surface area contributed by atoms with Gasteiger partial charge in [-0.2, -0.15) is 0 Å². The zero-order chi connectivity index (χ0) is 14.6. The number of carboxylic acids is 1. The number of benzene rings is 1. The van der Waals surface area contributed by atoms with E-state index in [0.29, 0.717) is 17.4 Å². The summed E-state index contributed by atoms with van der Waals surface area (Å²) in [5.74, 6) is 0.417. The number of rotatable bonds is 6. The Morgan fingerprint density at radius 1 is 1.32 bits per heavy atom. The lowest BCUT2D eigenvalue weighted by Crippen LogP contribution is -2.32. The summed E-state index contributed by atoms with van der Waals surface area (Å²) < 4.78 is 10.6. The van der Waals surface area contributed by atoms with Crippen LogP contribution in [0.3, 0.4) is 0 Å². The molecule has 19 heavy (non-hydrogen) atoms. The van der Waals surface area contributed by atoms with E-state index in [2.05, 4.69) is 13.8 Å². The number of ether oxygens (including phenoxy) is 2. The van der Waals surface area contributed by atoms with Crippen molar-refractivity contribution in [2.24, 2.45) is 5.73 Å². The normalized spacial score (nSPS) is 12.3. The van der Waals surface area contributed by atoms with Crippen molar-refractivity contribution >= 4 is 5.97 Å². The fourth-order valence-electron chi connectivity index (χ4n) is 1.88. The lowest BCUT2D eigenvalue weighted by atomic mass is 9.96. The largest absolute Gasteiger partial charge is 0.493 e. The van der Waals surface area contributed by atoms with E-state index in [-0.39, 0.29) is 6.42 Å². The summed E-state index contributed by atoms with van der Waals surface area (Å²) >= 11 is 0. The van der Waals surface area contributed by atoms with Crippen LogP contribution in [0, 0.1) is 0 Å². The van der Waals surface area contributed by atoms with Gasteiger partial charge in [-0.1, -0.05) is 19.9 Å². The molecule has 0 fully saturated rings. The average Bonchev–Trinajstić information content (AvgIpc) is 2.37. The van der Waals surface area contributed by atoms with Crippen molar-refractivity contribution < 1.29 is 19.4 Å². The summed E-state index contributed by atoms with van der Waals surface area (Å²) in [4.78, 5) is 10.9. The first kappa shape index (κ1) is 15.3. The van der Waals surface area contributed by atoms with Gasteiger partial charge in [0.1, 0.15) is 6.04 Å². The summed E-state index contributed by atoms with van der Waals surface area (Å²) in [5.41, 5.74) is 7.40. The molecule has 0 amide bonds. The molecule has 1 rings (SSSR count). The number of aliphatic carboxylic acids is 1. The van der Waals surface area contributed by atoms with Crippen LogP contribution in [0.2, 0.25) is 0 Å². The molecule has 0 aliphatic carbocycles. The van der Waals surface area contributed by atoms with Gasteiger partial charge in [-0.05, 0) is 17.5 Å². The van der Waals surface area contributed by atoms with Crippen molar-refractivity contribution in [3.8, 4) is 11.5 Å². The zero-order valence-corrected chi connectivity index (χ0v) is 11.8. The molecule has 0 radical (unpaired) electrons. The third-order valence-corrected chi connectivity index (χ3v) is 3.00. The molecule has 0 aromatic heterocycles. The fourth-order valence-corrected chi connectivity index (χ4v) is 1.88. The van der Waals surface area contributed by atoms with Crippen molar-refractivity contribution in [1.82, 2.24) is 0 Å². The van der Waals surface area contributed by atoms with Crippen LogP contribution in [0.25, 0.3) is 0 Å². The van der Waals surface area contributed by atoms with Gasteiger partial charge in [0.05, 0.1) is 14.2 Å². The molecule has 0 saturated carbocycles. The van der Waals surface area contributed by atoms with Crippen LogP contribution in [-0.2, 0) is 11.2 Å². The van der Waals surface area contributed by atoms with E-state index in [1.54, 1.807) is 7.11 Å². The smallest absolute Gasteiger partial charge is 0.320 e. The Kier molecular flexibility index (Phi) is 5.18. The predicted molar refractivity (Wildman–Crippen MR) is 73.0 cm³/mol. The highest BCUT2D eigenvalue weighted by Gasteiger charge is 2.19. The van der Waals surface area contributed by atoms with Crippen molar-refractivity contribution in [1.29, 1.82) is 0 Å². The maximum Gasteiger partial charge on any atom is 0.320 e. The summed E-state index contributed by atoms with van der Waals surface area (Å²) in [5, 5.41) is 8.91. The summed E-state index contributed by atoms with van der Waals surface area (Å²) in [7, 11) is 3.09. The van der Waals surface area contributed by atoms with Crippen LogP contribution in [0.4, 0.5) is 0 Å². The first-order valence-electron chi connectivity index (χ1n) is 6.13. The van der Waals surface area contributed by atoms with Gasteiger partial charge in [0, 0.05) is 12.0 Å². The highest BCUT2D eigenvalue weighted by molar-refractivity contribution is 5.74. The molecule has 0 aliphatic rings. The van der Waals surface area contributed by atoms with Crippen LogP contribution in [0.1, 0.15) is 30.9 Å². The second kappa shape index (κ2) is 6.43. The lowest BCUT2D eigenvalue weighted by molar-refractivity contribution is -0.138. The molecule has 1 aromatic carbocycles. The van der Waals surface area contributed by atoms with Gasteiger partial charge in [0.2, 0.25) is 0 Å². The highest BCUT2D eigenvalue weighted by atomic mass is 16.5. The molecule has 1 atom stereocenters. The second-order valence-corrected chi connectivity index (χ2v) is 4.72. The Labute approximate surface area is 113 Å². The number of methoxy groups -OCH3 is 2. The molecule has 5 heteroatoms. The van der Waals surface area contributed by atoms with E-state index in [0.717, 1.165) is 11.1 Å². The zero-order valence-electron chi connectivity index (χ0n) is 11.8. The molecule has 0 bridgehead atoms. The Bertz CT molecular complexity index is 457. The molecule has 5 nitrogen and oxygen atoms in total. The number of hydrogen-bond donors (Lipinski definition) is 2. The maximum atomic E-state index is 10.9. The molecule has 0 heterocycles. The molecule has 106 valence electrons. The van der Waals surface area contributed by atoms with E-state index >= 15 is 0 Å². The monoisotopic (exact) mass is 267 g/mol. The molecule has 0 saturated heterocycles. The number of hydrogen-bond acceptors (Lipinski definition) is 4. The summed E-state index contributed by atoms with van der Waals surface area (Å²) in [6.45, 7) is 4.12. The van der Waals surface area contributed by atoms with Crippen molar-refractivity contribution in [3.63, 3.8) is 0 Å². The van der Waals surface area contributed by atoms with Crippen LogP contribution in [-0.4, -0.2) is 31.3 Å². The average molecular weight is 267 g/mol. The Morgan fingerprint density at radius 2 is 1.95 bits per heavy atom. The van der Waals surface area contributed by atoms with Gasteiger partial charge in [-0.25, -0.2) is 0 Å². The highest BCUT2D eigenvalue weighted by Crippen LogP contribution is 2.35. The Hall–Kier alpha value is -1.75. The number of carboxylic acid groups (broad SMARTS) is 1. The van der Waals surface area contributed by atoms with Gasteiger partial charge in [-0.3, -0.25) is 4.79 Å². The van der Waals surface area contributed by atoms with Gasteiger partial charge in [0.15, 0.2) is 11.5 Å². The minimum absolute atomic E-state index is 0.204. The van der Waals surface area contributed by atoms with E-state index in [1.165, 1.54) is 7.11 Å². The van der Waals surface area contributed by atoms with Crippen LogP contribution in [0.15, 0.2) is 12.1 Å². The number of carbonyl (C=O) groups is 1. The third-order valence-electron chi connectivity index (χ3n) is 3.00. The summed E-state index contributed by atoms with van der Waals surface area (Å²) in [6, 6.07) is 2.87. The topological polar surface area (TPSA) is 81.8 Å². The van der Waals surface area contributed by atoms with Crippen LogP contribution in [0.5, 0.6) is 11.5 Å². The van der Waals surface area contributed by atoms with E-state index in [4.69, 9.17) is 20.3 Å². The van der Waals surface area contributed by atoms with Gasteiger partial charge in [-0.15, -0.1) is 0 Å². The maximum absolute atomic E-state index is 10.9. The first-order valence-corrected chi connectivity index (χ1v) is 6.13. The molecular formula is C14H21NO4. The summed E-state index contributed by atoms with van der Waals surface area (Å²) in [6.07, 6.45) is 0.204. The molecule has 1 unspecified atom stereocenters. The van der Waals surface area contributed by atoms with E-state index < -0.39 is 12.0 Å². The standard InChI is InChI=1S/C14H21NO4/c1-8(2)9-5-10(6-11(15)14(16)17)13(19-4)12(7-9)18-3/h5,7-8,11H,6,15H2,1-4H3,(H,16,17). The van der Waals surface area contributed by atoms with Crippen molar-refractivity contribution in [2.45, 2.75) is 32.2 Å². The molecule has 3 N–H and O–H groups in total. The van der Waals surface area contributed by atoms with Crippen LogP contribution >= 0.6 is 0 Å². The molecule has 0 spiro atoms. The fraction of sp³-hybridized carbons (Fsp3) is 0.500. The van der Waals surface area contributed by atoms with Crippen LogP contribution < -0.4 is 15.2 Å². The van der Waals surface area contributed by atoms with Crippen molar-refractivity contribution in [2.75, 3.05) is 14.2 Å². The quantitative estimate of drug-likeness (QED) is 0.821. The minimum atomic E-state index is -1.03. The molecule has 1 aromatic rings. The Morgan fingerprint density at radius 3 is 2.37 bits per heavy atom. The number of nitrogens with two attached hydrogens (primary N) is 1. The predicted octanol–water partition coefficient (Wildman–Crippen LogP) is 1.78. The van der Waals surface area contributed by atoms with Gasteiger partial charge in [0.25, 0.3) is 0 Å². The lowest BCUT2D eigenvalue weighted by Gasteiger charge is -2.17. The molecular weight excluding hydrogens is 246 g/mol. The minimum Gasteiger partial charge on any atom is -0.493 e. The van der Waals surface area contributed by atoms with Gasteiger partial charge < -0.3 is 20.3 Å². The molecule has 0 aliphatic heterocycles. The third kappa shape index (κ3) is 3.61. The van der Waals surface area contributed by atoms with E-state index in [1.807, 2.05) is 12.1 Å². The van der Waals surface area contributed by atoms with E-state index in [9.17, 15) is 4.79 Å².